The van der Waals surface area contributed by atoms with Crippen molar-refractivity contribution in [2.24, 2.45) is 7.05 Å². The summed E-state index contributed by atoms with van der Waals surface area (Å²) in [5.74, 6) is 0.481. The predicted molar refractivity (Wildman–Crippen MR) is 69.5 cm³/mol. The molecule has 1 aliphatic rings. The first-order chi connectivity index (χ1) is 7.74. The fourth-order valence-electron chi connectivity index (χ4n) is 2.81. The molecular formula is C13H13Cl2N. The van der Waals surface area contributed by atoms with Gasteiger partial charge < -0.3 is 4.57 Å². The number of aryl methyl sites for hydroxylation is 3. The molecule has 1 aliphatic carbocycles. The second kappa shape index (κ2) is 3.68. The average molecular weight is 254 g/mol. The molecule has 0 fully saturated rings. The van der Waals surface area contributed by atoms with E-state index in [1.165, 1.54) is 41.3 Å². The van der Waals surface area contributed by atoms with Gasteiger partial charge in [-0.05, 0) is 30.4 Å². The van der Waals surface area contributed by atoms with Gasteiger partial charge in [-0.1, -0.05) is 23.7 Å². The van der Waals surface area contributed by atoms with Crippen LogP contribution in [0.3, 0.4) is 0 Å². The summed E-state index contributed by atoms with van der Waals surface area (Å²) in [6, 6.07) is 4.40. The summed E-state index contributed by atoms with van der Waals surface area (Å²) >= 11 is 12.3. The van der Waals surface area contributed by atoms with Gasteiger partial charge in [-0.15, -0.1) is 11.6 Å². The molecule has 0 spiro atoms. The van der Waals surface area contributed by atoms with E-state index in [0.717, 1.165) is 10.7 Å². The summed E-state index contributed by atoms with van der Waals surface area (Å²) in [6.07, 6.45) is 3.63. The van der Waals surface area contributed by atoms with Crippen molar-refractivity contribution in [2.75, 3.05) is 0 Å². The summed E-state index contributed by atoms with van der Waals surface area (Å²) in [5, 5.41) is 2.01. The maximum absolute atomic E-state index is 6.32. The Hall–Kier alpha value is -0.660. The van der Waals surface area contributed by atoms with Gasteiger partial charge in [0.2, 0.25) is 0 Å². The highest BCUT2D eigenvalue weighted by atomic mass is 35.5. The Morgan fingerprint density at radius 3 is 2.88 bits per heavy atom. The first kappa shape index (κ1) is 10.5. The third-order valence-corrected chi connectivity index (χ3v) is 4.34. The van der Waals surface area contributed by atoms with E-state index in [0.29, 0.717) is 5.88 Å². The molecule has 0 aliphatic heterocycles. The van der Waals surface area contributed by atoms with Crippen LogP contribution >= 0.6 is 23.2 Å². The fraction of sp³-hybridized carbons (Fsp3) is 0.385. The van der Waals surface area contributed by atoms with Crippen molar-refractivity contribution in [1.82, 2.24) is 4.57 Å². The van der Waals surface area contributed by atoms with Crippen LogP contribution in [0.1, 0.15) is 23.1 Å². The number of rotatable bonds is 1. The summed E-state index contributed by atoms with van der Waals surface area (Å²) < 4.78 is 2.08. The zero-order valence-corrected chi connectivity index (χ0v) is 10.7. The molecule has 0 unspecified atom stereocenters. The Balaban J connectivity index is 2.45. The molecule has 1 heterocycles. The van der Waals surface area contributed by atoms with E-state index in [4.69, 9.17) is 23.2 Å². The maximum Gasteiger partial charge on any atom is 0.114 e. The lowest BCUT2D eigenvalue weighted by Crippen LogP contribution is -1.92. The second-order valence-electron chi connectivity index (χ2n) is 4.41. The third-order valence-electron chi connectivity index (χ3n) is 3.59. The van der Waals surface area contributed by atoms with Crippen molar-refractivity contribution in [3.63, 3.8) is 0 Å². The quantitative estimate of drug-likeness (QED) is 0.676. The van der Waals surface area contributed by atoms with Crippen molar-refractivity contribution in [2.45, 2.75) is 25.1 Å². The maximum atomic E-state index is 6.32. The molecule has 3 rings (SSSR count). The van der Waals surface area contributed by atoms with Crippen molar-refractivity contribution in [3.8, 4) is 0 Å². The minimum Gasteiger partial charge on any atom is -0.334 e. The zero-order valence-electron chi connectivity index (χ0n) is 9.19. The number of nitrogens with zero attached hydrogens (tertiary/aromatic N) is 1. The molecule has 0 saturated carbocycles. The molecule has 0 saturated heterocycles. The molecule has 1 nitrogen and oxygen atoms in total. The number of hydrogen-bond donors (Lipinski definition) is 0. The minimum absolute atomic E-state index is 0.481. The van der Waals surface area contributed by atoms with Crippen LogP contribution in [0.5, 0.6) is 0 Å². The van der Waals surface area contributed by atoms with Crippen LogP contribution in [0.15, 0.2) is 12.1 Å². The molecule has 16 heavy (non-hydrogen) atoms. The van der Waals surface area contributed by atoms with Gasteiger partial charge in [0.1, 0.15) is 5.15 Å². The summed E-state index contributed by atoms with van der Waals surface area (Å²) in [6.45, 7) is 0. The van der Waals surface area contributed by atoms with Crippen molar-refractivity contribution < 1.29 is 0 Å². The summed E-state index contributed by atoms with van der Waals surface area (Å²) in [5.41, 5.74) is 5.30. The van der Waals surface area contributed by atoms with Gasteiger partial charge in [0, 0.05) is 18.0 Å². The largest absolute Gasteiger partial charge is 0.334 e. The highest BCUT2D eigenvalue weighted by molar-refractivity contribution is 6.33. The molecule has 0 radical (unpaired) electrons. The molecule has 0 amide bonds. The molecular weight excluding hydrogens is 241 g/mol. The van der Waals surface area contributed by atoms with Gasteiger partial charge in [0.25, 0.3) is 0 Å². The third kappa shape index (κ3) is 1.25. The van der Waals surface area contributed by atoms with E-state index in [-0.39, 0.29) is 0 Å². The van der Waals surface area contributed by atoms with Crippen LogP contribution in [-0.2, 0) is 25.8 Å². The van der Waals surface area contributed by atoms with E-state index < -0.39 is 0 Å². The normalized spacial score (nSPS) is 14.7. The van der Waals surface area contributed by atoms with Crippen molar-refractivity contribution >= 4 is 34.1 Å². The minimum atomic E-state index is 0.481. The number of hydrogen-bond acceptors (Lipinski definition) is 0. The second-order valence-corrected chi connectivity index (χ2v) is 5.04. The van der Waals surface area contributed by atoms with Gasteiger partial charge in [-0.2, -0.15) is 0 Å². The molecule has 0 bridgehead atoms. The Kier molecular flexibility index (Phi) is 2.41. The zero-order chi connectivity index (χ0) is 11.3. The van der Waals surface area contributed by atoms with E-state index in [1.807, 2.05) is 7.05 Å². The summed E-state index contributed by atoms with van der Waals surface area (Å²) in [4.78, 5) is 0. The standard InChI is InChI=1S/C13H13Cl2N/c1-16-12-9-4-2-3-8(9)5-6-10(12)11(7-14)13(16)15/h5-6H,2-4,7H2,1H3. The van der Waals surface area contributed by atoms with Gasteiger partial charge in [0.15, 0.2) is 0 Å². The molecule has 3 heteroatoms. The van der Waals surface area contributed by atoms with Crippen molar-refractivity contribution in [1.29, 1.82) is 0 Å². The first-order valence-electron chi connectivity index (χ1n) is 5.57. The monoisotopic (exact) mass is 253 g/mol. The highest BCUT2D eigenvalue weighted by Crippen LogP contribution is 2.36. The smallest absolute Gasteiger partial charge is 0.114 e. The van der Waals surface area contributed by atoms with Crippen LogP contribution in [0.25, 0.3) is 10.9 Å². The lowest BCUT2D eigenvalue weighted by molar-refractivity contribution is 0.905. The number of aromatic nitrogens is 1. The van der Waals surface area contributed by atoms with Gasteiger partial charge in [-0.25, -0.2) is 0 Å². The van der Waals surface area contributed by atoms with Crippen LogP contribution in [0, 0.1) is 0 Å². The van der Waals surface area contributed by atoms with Gasteiger partial charge >= 0.3 is 0 Å². The van der Waals surface area contributed by atoms with Crippen molar-refractivity contribution in [3.05, 3.63) is 34.0 Å². The number of benzene rings is 1. The number of alkyl halides is 1. The number of fused-ring (bicyclic) bond motifs is 3. The first-order valence-corrected chi connectivity index (χ1v) is 6.48. The molecule has 2 aromatic rings. The summed E-state index contributed by atoms with van der Waals surface area (Å²) in [7, 11) is 2.03. The fourth-order valence-corrected chi connectivity index (χ4v) is 3.40. The van der Waals surface area contributed by atoms with Gasteiger partial charge in [-0.3, -0.25) is 0 Å². The SMILES string of the molecule is Cn1c(Cl)c(CCl)c2ccc3c(c21)CCC3. The molecule has 84 valence electrons. The lowest BCUT2D eigenvalue weighted by Gasteiger charge is -2.04. The van der Waals surface area contributed by atoms with Crippen LogP contribution < -0.4 is 0 Å². The Morgan fingerprint density at radius 1 is 1.31 bits per heavy atom. The highest BCUT2D eigenvalue weighted by Gasteiger charge is 2.20. The van der Waals surface area contributed by atoms with Crippen LogP contribution in [-0.4, -0.2) is 4.57 Å². The van der Waals surface area contributed by atoms with Crippen LogP contribution in [0.4, 0.5) is 0 Å². The van der Waals surface area contributed by atoms with Gasteiger partial charge in [0.05, 0.1) is 11.4 Å². The molecule has 1 aromatic heterocycles. The topological polar surface area (TPSA) is 4.93 Å². The molecule has 0 N–H and O–H groups in total. The van der Waals surface area contributed by atoms with E-state index in [1.54, 1.807) is 0 Å². The Bertz CT molecular complexity index is 569. The Labute approximate surface area is 105 Å². The van der Waals surface area contributed by atoms with E-state index >= 15 is 0 Å². The average Bonchev–Trinajstić information content (AvgIpc) is 2.83. The predicted octanol–water partition coefficient (Wildman–Crippen LogP) is 4.06. The molecule has 1 aromatic carbocycles. The molecule has 0 atom stereocenters. The Morgan fingerprint density at radius 2 is 2.12 bits per heavy atom. The lowest BCUT2D eigenvalue weighted by atomic mass is 10.1. The van der Waals surface area contributed by atoms with E-state index in [9.17, 15) is 0 Å². The van der Waals surface area contributed by atoms with Crippen LogP contribution in [0.2, 0.25) is 5.15 Å². The van der Waals surface area contributed by atoms with E-state index in [2.05, 4.69) is 16.7 Å². The number of halogens is 2.